The van der Waals surface area contributed by atoms with Crippen molar-refractivity contribution < 1.29 is 19.4 Å². The first kappa shape index (κ1) is 19.5. The summed E-state index contributed by atoms with van der Waals surface area (Å²) in [7, 11) is 1.57. The Balaban J connectivity index is 2.35. The molecule has 0 bridgehead atoms. The van der Waals surface area contributed by atoms with Gasteiger partial charge in [0.15, 0.2) is 0 Å². The molecule has 0 saturated heterocycles. The van der Waals surface area contributed by atoms with Crippen LogP contribution in [0, 0.1) is 5.92 Å². The predicted molar refractivity (Wildman–Crippen MR) is 97.8 cm³/mol. The number of carboxylic acids is 1. The van der Waals surface area contributed by atoms with E-state index in [1.54, 1.807) is 11.8 Å². The van der Waals surface area contributed by atoms with Gasteiger partial charge in [-0.25, -0.2) is 9.48 Å². The van der Waals surface area contributed by atoms with Crippen LogP contribution in [0.4, 0.5) is 0 Å². The fourth-order valence-electron chi connectivity index (χ4n) is 2.84. The fourth-order valence-corrected chi connectivity index (χ4v) is 2.84. The third-order valence-corrected chi connectivity index (χ3v) is 4.07. The molecule has 1 amide bonds. The van der Waals surface area contributed by atoms with Crippen LogP contribution in [-0.2, 0) is 11.2 Å². The minimum atomic E-state index is -1.04. The number of nitrogens with one attached hydrogen (secondary N) is 1. The molecule has 0 saturated carbocycles. The SMILES string of the molecule is CCc1c(C(=O)N[C@H](CC(C)C)C(=O)O)cnn1-c1ccccc1OC. The molecule has 7 heteroatoms. The highest BCUT2D eigenvalue weighted by atomic mass is 16.5. The molecule has 0 radical (unpaired) electrons. The quantitative estimate of drug-likeness (QED) is 0.756. The molecule has 0 unspecified atom stereocenters. The van der Waals surface area contributed by atoms with Gasteiger partial charge in [-0.2, -0.15) is 5.10 Å². The van der Waals surface area contributed by atoms with Crippen LogP contribution in [0.1, 0.15) is 43.2 Å². The molecule has 0 aliphatic heterocycles. The molecule has 0 fully saturated rings. The second-order valence-electron chi connectivity index (χ2n) is 6.44. The lowest BCUT2D eigenvalue weighted by molar-refractivity contribution is -0.139. The smallest absolute Gasteiger partial charge is 0.326 e. The molecule has 1 aromatic carbocycles. The highest BCUT2D eigenvalue weighted by Crippen LogP contribution is 2.24. The van der Waals surface area contributed by atoms with Crippen molar-refractivity contribution in [2.24, 2.45) is 5.92 Å². The second kappa shape index (κ2) is 8.51. The van der Waals surface area contributed by atoms with E-state index in [4.69, 9.17) is 4.74 Å². The van der Waals surface area contributed by atoms with Crippen molar-refractivity contribution in [3.63, 3.8) is 0 Å². The number of carbonyl (C=O) groups excluding carboxylic acids is 1. The van der Waals surface area contributed by atoms with E-state index in [1.807, 2.05) is 45.0 Å². The highest BCUT2D eigenvalue weighted by molar-refractivity contribution is 5.97. The van der Waals surface area contributed by atoms with Gasteiger partial charge in [0.05, 0.1) is 24.6 Å². The third kappa shape index (κ3) is 4.22. The normalized spacial score (nSPS) is 12.0. The molecule has 0 aliphatic carbocycles. The van der Waals surface area contributed by atoms with Crippen LogP contribution in [0.3, 0.4) is 0 Å². The van der Waals surface area contributed by atoms with Crippen LogP contribution in [0.5, 0.6) is 5.75 Å². The number of rotatable bonds is 8. The molecule has 1 aromatic heterocycles. The summed E-state index contributed by atoms with van der Waals surface area (Å²) >= 11 is 0. The maximum Gasteiger partial charge on any atom is 0.326 e. The molecule has 0 aliphatic rings. The average Bonchev–Trinajstić information content (AvgIpc) is 3.04. The highest BCUT2D eigenvalue weighted by Gasteiger charge is 2.25. The fraction of sp³-hybridized carbons (Fsp3) is 0.421. The van der Waals surface area contributed by atoms with Crippen molar-refractivity contribution in [2.75, 3.05) is 7.11 Å². The Kier molecular flexibility index (Phi) is 6.38. The molecule has 0 spiro atoms. The van der Waals surface area contributed by atoms with E-state index >= 15 is 0 Å². The van der Waals surface area contributed by atoms with E-state index in [-0.39, 0.29) is 5.92 Å². The summed E-state index contributed by atoms with van der Waals surface area (Å²) in [5.74, 6) is -0.683. The first-order valence-corrected chi connectivity index (χ1v) is 8.62. The molecule has 2 N–H and O–H groups in total. The Hall–Kier alpha value is -2.83. The molecule has 2 aromatic rings. The van der Waals surface area contributed by atoms with Crippen LogP contribution in [0.25, 0.3) is 5.69 Å². The van der Waals surface area contributed by atoms with Crippen LogP contribution < -0.4 is 10.1 Å². The van der Waals surface area contributed by atoms with Gasteiger partial charge < -0.3 is 15.2 Å². The zero-order valence-corrected chi connectivity index (χ0v) is 15.5. The zero-order valence-electron chi connectivity index (χ0n) is 15.5. The van der Waals surface area contributed by atoms with Gasteiger partial charge in [-0.05, 0) is 30.9 Å². The van der Waals surface area contributed by atoms with Gasteiger partial charge in [-0.1, -0.05) is 32.9 Å². The van der Waals surface area contributed by atoms with E-state index in [1.165, 1.54) is 6.20 Å². The number of hydrogen-bond acceptors (Lipinski definition) is 4. The number of ether oxygens (including phenoxy) is 1. The zero-order chi connectivity index (χ0) is 19.3. The number of amides is 1. The van der Waals surface area contributed by atoms with Crippen molar-refractivity contribution >= 4 is 11.9 Å². The Bertz CT molecular complexity index is 783. The Labute approximate surface area is 153 Å². The van der Waals surface area contributed by atoms with Gasteiger partial charge in [0.2, 0.25) is 0 Å². The number of nitrogens with zero attached hydrogens (tertiary/aromatic N) is 2. The van der Waals surface area contributed by atoms with E-state index in [2.05, 4.69) is 10.4 Å². The summed E-state index contributed by atoms with van der Waals surface area (Å²) in [5.41, 5.74) is 1.79. The van der Waals surface area contributed by atoms with Gasteiger partial charge >= 0.3 is 5.97 Å². The molecule has 26 heavy (non-hydrogen) atoms. The predicted octanol–water partition coefficient (Wildman–Crippen LogP) is 2.67. The molecule has 1 atom stereocenters. The van der Waals surface area contributed by atoms with E-state index in [9.17, 15) is 14.7 Å². The summed E-state index contributed by atoms with van der Waals surface area (Å²) in [6.07, 6.45) is 2.39. The average molecular weight is 359 g/mol. The van der Waals surface area contributed by atoms with Crippen molar-refractivity contribution in [3.05, 3.63) is 41.7 Å². The Morgan fingerprint density at radius 2 is 2.00 bits per heavy atom. The van der Waals surface area contributed by atoms with Crippen molar-refractivity contribution in [3.8, 4) is 11.4 Å². The summed E-state index contributed by atoms with van der Waals surface area (Å²) in [5, 5.41) is 16.3. The van der Waals surface area contributed by atoms with Gasteiger partial charge in [0.25, 0.3) is 5.91 Å². The van der Waals surface area contributed by atoms with Gasteiger partial charge in [0, 0.05) is 0 Å². The molecule has 140 valence electrons. The minimum absolute atomic E-state index is 0.151. The third-order valence-electron chi connectivity index (χ3n) is 4.07. The summed E-state index contributed by atoms with van der Waals surface area (Å²) < 4.78 is 7.03. The molecule has 1 heterocycles. The maximum absolute atomic E-state index is 12.7. The van der Waals surface area contributed by atoms with E-state index in [0.717, 1.165) is 5.69 Å². The lowest BCUT2D eigenvalue weighted by atomic mass is 10.0. The topological polar surface area (TPSA) is 93.5 Å². The molecule has 7 nitrogen and oxygen atoms in total. The number of carboxylic acid groups (broad SMARTS) is 1. The summed E-state index contributed by atoms with van der Waals surface area (Å²) in [6.45, 7) is 5.75. The van der Waals surface area contributed by atoms with Crippen LogP contribution in [0.2, 0.25) is 0 Å². The van der Waals surface area contributed by atoms with Crippen molar-refractivity contribution in [2.45, 2.75) is 39.7 Å². The van der Waals surface area contributed by atoms with E-state index in [0.29, 0.717) is 29.8 Å². The van der Waals surface area contributed by atoms with E-state index < -0.39 is 17.9 Å². The van der Waals surface area contributed by atoms with Crippen LogP contribution in [-0.4, -0.2) is 39.9 Å². The maximum atomic E-state index is 12.7. The molecular formula is C19H25N3O4. The second-order valence-corrected chi connectivity index (χ2v) is 6.44. The minimum Gasteiger partial charge on any atom is -0.494 e. The summed E-state index contributed by atoms with van der Waals surface area (Å²) in [6, 6.07) is 6.46. The van der Waals surface area contributed by atoms with Gasteiger partial charge in [0.1, 0.15) is 17.5 Å². The molecule has 2 rings (SSSR count). The number of aliphatic carboxylic acids is 1. The van der Waals surface area contributed by atoms with Gasteiger partial charge in [-0.3, -0.25) is 4.79 Å². The standard InChI is InChI=1S/C19H25N3O4/c1-5-15-13(18(23)21-14(19(24)25)10-12(2)3)11-20-22(15)16-8-6-7-9-17(16)26-4/h6-9,11-12,14H,5,10H2,1-4H3,(H,21,23)(H,24,25)/t14-/m1/s1. The van der Waals surface area contributed by atoms with Crippen LogP contribution >= 0.6 is 0 Å². The number of benzene rings is 1. The number of aromatic nitrogens is 2. The number of para-hydroxylation sites is 2. The van der Waals surface area contributed by atoms with Crippen LogP contribution in [0.15, 0.2) is 30.5 Å². The number of hydrogen-bond donors (Lipinski definition) is 2. The first-order chi connectivity index (χ1) is 12.4. The lowest BCUT2D eigenvalue weighted by Crippen LogP contribution is -2.41. The Morgan fingerprint density at radius 3 is 2.58 bits per heavy atom. The summed E-state index contributed by atoms with van der Waals surface area (Å²) in [4.78, 5) is 24.1. The Morgan fingerprint density at radius 1 is 1.31 bits per heavy atom. The van der Waals surface area contributed by atoms with Crippen molar-refractivity contribution in [1.82, 2.24) is 15.1 Å². The number of carbonyl (C=O) groups is 2. The largest absolute Gasteiger partial charge is 0.494 e. The first-order valence-electron chi connectivity index (χ1n) is 8.62. The number of methoxy groups -OCH3 is 1. The molecular weight excluding hydrogens is 334 g/mol. The lowest BCUT2D eigenvalue weighted by Gasteiger charge is -2.17. The van der Waals surface area contributed by atoms with Gasteiger partial charge in [-0.15, -0.1) is 0 Å². The van der Waals surface area contributed by atoms with Crippen molar-refractivity contribution in [1.29, 1.82) is 0 Å². The monoisotopic (exact) mass is 359 g/mol.